The van der Waals surface area contributed by atoms with E-state index in [1.54, 1.807) is 28.8 Å². The van der Waals surface area contributed by atoms with Crippen LogP contribution < -0.4 is 14.4 Å². The first-order valence-electron chi connectivity index (χ1n) is 12.8. The van der Waals surface area contributed by atoms with E-state index < -0.39 is 24.2 Å². The standard InChI is InChI=1S/C27H27ClF3N4O4/c1-2-3-8-22-23(36)21-9-5-14-33(21)24-25(35(22)37)34(16-17-10-12-18(28)13-11-17)26(32-24)38-19-6-4-7-20(15-19)39-27(29,30)31/h4,6-7,10-13,15,21-22H,2-3,5,8-9,14,16H2,1H3/q+1/t21-,22?/m1/s1. The molecule has 0 amide bonds. The second kappa shape index (κ2) is 10.9. The number of hydrogen-bond donors (Lipinski definition) is 0. The minimum atomic E-state index is -4.86. The fourth-order valence-electron chi connectivity index (χ4n) is 5.11. The molecule has 2 aliphatic rings. The van der Waals surface area contributed by atoms with Gasteiger partial charge in [-0.25, -0.2) is 0 Å². The van der Waals surface area contributed by atoms with Gasteiger partial charge in [0, 0.05) is 17.6 Å². The number of carbonyl (C=O) groups is 1. The lowest BCUT2D eigenvalue weighted by molar-refractivity contribution is -0.496. The molecule has 0 bridgehead atoms. The number of unbranched alkanes of at least 4 members (excludes halogenated alkanes) is 1. The van der Waals surface area contributed by atoms with Crippen LogP contribution in [-0.2, 0) is 11.3 Å². The molecule has 12 heteroatoms. The second-order valence-corrected chi connectivity index (χ2v) is 10.1. The summed E-state index contributed by atoms with van der Waals surface area (Å²) in [6.45, 7) is 2.69. The molecule has 0 saturated carbocycles. The summed E-state index contributed by atoms with van der Waals surface area (Å²) in [5.41, 5.74) is 0.783. The smallest absolute Gasteiger partial charge is 0.408 e. The van der Waals surface area contributed by atoms with Gasteiger partial charge in [0.1, 0.15) is 18.0 Å². The fourth-order valence-corrected chi connectivity index (χ4v) is 5.24. The van der Waals surface area contributed by atoms with Crippen molar-refractivity contribution in [2.75, 3.05) is 11.4 Å². The minimum absolute atomic E-state index is 0.00852. The van der Waals surface area contributed by atoms with E-state index in [-0.39, 0.29) is 29.9 Å². The number of nitroso groups, excluding NO2 is 1. The molecule has 8 nitrogen and oxygen atoms in total. The largest absolute Gasteiger partial charge is 0.573 e. The van der Waals surface area contributed by atoms with E-state index in [9.17, 15) is 22.9 Å². The number of nitrogens with zero attached hydrogens (tertiary/aromatic N) is 4. The number of Topliss-reactive ketones (excluding diaryl/α,β-unsaturated/α-hetero) is 1. The Kier molecular flexibility index (Phi) is 7.53. The van der Waals surface area contributed by atoms with Crippen molar-refractivity contribution in [3.05, 3.63) is 64.0 Å². The summed E-state index contributed by atoms with van der Waals surface area (Å²) in [5.74, 6) is -0.0181. The molecule has 39 heavy (non-hydrogen) atoms. The highest BCUT2D eigenvalue weighted by Gasteiger charge is 2.50. The molecule has 3 aromatic rings. The Balaban J connectivity index is 1.61. The molecule has 3 heterocycles. The lowest BCUT2D eigenvalue weighted by Crippen LogP contribution is -2.42. The van der Waals surface area contributed by atoms with Crippen LogP contribution in [0.5, 0.6) is 17.5 Å². The van der Waals surface area contributed by atoms with Crippen LogP contribution in [0.1, 0.15) is 44.6 Å². The third-order valence-corrected chi connectivity index (χ3v) is 7.15. The molecule has 1 unspecified atom stereocenters. The number of anilines is 1. The second-order valence-electron chi connectivity index (χ2n) is 9.62. The van der Waals surface area contributed by atoms with E-state index in [1.165, 1.54) is 12.1 Å². The number of benzene rings is 2. The highest BCUT2D eigenvalue weighted by Crippen LogP contribution is 2.43. The molecule has 1 fully saturated rings. The Morgan fingerprint density at radius 2 is 1.90 bits per heavy atom. The Hall–Kier alpha value is -3.60. The zero-order valence-corrected chi connectivity index (χ0v) is 21.9. The van der Waals surface area contributed by atoms with Crippen molar-refractivity contribution < 1.29 is 32.2 Å². The van der Waals surface area contributed by atoms with Crippen LogP contribution >= 0.6 is 11.6 Å². The molecule has 2 atom stereocenters. The SMILES string of the molecule is CCCCC1C(=O)[C@H]2CCCN2c2nc(Oc3cccc(OC(F)(F)F)c3)n(Cc3ccc(Cl)cc3)c2[N+]1=O. The Morgan fingerprint density at radius 3 is 2.62 bits per heavy atom. The third kappa shape index (κ3) is 5.73. The number of fused-ring (bicyclic) bond motifs is 3. The zero-order chi connectivity index (χ0) is 27.7. The molecular formula is C27H27ClF3N4O4+. The van der Waals surface area contributed by atoms with Gasteiger partial charge in [0.15, 0.2) is 0 Å². The monoisotopic (exact) mass is 563 g/mol. The van der Waals surface area contributed by atoms with Gasteiger partial charge in [-0.15, -0.1) is 18.2 Å². The molecule has 2 aliphatic heterocycles. The minimum Gasteiger partial charge on any atom is -0.408 e. The molecule has 1 saturated heterocycles. The molecule has 0 N–H and O–H groups in total. The summed E-state index contributed by atoms with van der Waals surface area (Å²) in [5, 5.41) is 0.539. The quantitative estimate of drug-likeness (QED) is 0.281. The summed E-state index contributed by atoms with van der Waals surface area (Å²) in [6.07, 6.45) is -1.54. The Morgan fingerprint density at radius 1 is 1.15 bits per heavy atom. The molecular weight excluding hydrogens is 537 g/mol. The summed E-state index contributed by atoms with van der Waals surface area (Å²) in [6, 6.07) is 10.8. The fraction of sp³-hybridized carbons (Fsp3) is 0.407. The number of halogens is 4. The van der Waals surface area contributed by atoms with Gasteiger partial charge in [0.2, 0.25) is 17.6 Å². The molecule has 2 aromatic carbocycles. The number of carbonyl (C=O) groups excluding carboxylic acids is 1. The molecule has 206 valence electrons. The van der Waals surface area contributed by atoms with Crippen molar-refractivity contribution in [2.24, 2.45) is 0 Å². The summed E-state index contributed by atoms with van der Waals surface area (Å²) < 4.78 is 50.7. The predicted octanol–water partition coefficient (Wildman–Crippen LogP) is 6.80. The molecule has 0 radical (unpaired) electrons. The zero-order valence-electron chi connectivity index (χ0n) is 21.2. The van der Waals surface area contributed by atoms with Gasteiger partial charge in [-0.2, -0.15) is 4.57 Å². The van der Waals surface area contributed by atoms with Crippen LogP contribution in [0.25, 0.3) is 0 Å². The maximum atomic E-state index is 13.9. The first-order valence-corrected chi connectivity index (χ1v) is 13.2. The van der Waals surface area contributed by atoms with Gasteiger partial charge in [-0.1, -0.05) is 48.1 Å². The predicted molar refractivity (Wildman–Crippen MR) is 138 cm³/mol. The maximum absolute atomic E-state index is 13.9. The molecule has 0 spiro atoms. The maximum Gasteiger partial charge on any atom is 0.573 e. The summed E-state index contributed by atoms with van der Waals surface area (Å²) >= 11 is 6.06. The van der Waals surface area contributed by atoms with Gasteiger partial charge < -0.3 is 14.4 Å². The van der Waals surface area contributed by atoms with Gasteiger partial charge >= 0.3 is 18.2 Å². The van der Waals surface area contributed by atoms with E-state index in [0.717, 1.165) is 35.3 Å². The number of aromatic nitrogens is 2. The average molecular weight is 564 g/mol. The first-order chi connectivity index (χ1) is 18.6. The van der Waals surface area contributed by atoms with E-state index >= 15 is 0 Å². The number of ketones is 1. The van der Waals surface area contributed by atoms with Crippen molar-refractivity contribution in [1.82, 2.24) is 9.55 Å². The van der Waals surface area contributed by atoms with Crippen molar-refractivity contribution in [1.29, 1.82) is 0 Å². The third-order valence-electron chi connectivity index (χ3n) is 6.89. The molecule has 1 aromatic heterocycles. The van der Waals surface area contributed by atoms with E-state index in [2.05, 4.69) is 9.72 Å². The summed E-state index contributed by atoms with van der Waals surface area (Å²) in [7, 11) is 0. The number of ether oxygens (including phenoxy) is 2. The van der Waals surface area contributed by atoms with Crippen molar-refractivity contribution in [3.63, 3.8) is 0 Å². The number of alkyl halides is 3. The van der Waals surface area contributed by atoms with Gasteiger partial charge in [-0.05, 0) is 60.3 Å². The lowest BCUT2D eigenvalue weighted by Gasteiger charge is -2.20. The number of imidazole rings is 1. The van der Waals surface area contributed by atoms with Crippen molar-refractivity contribution in [2.45, 2.75) is 64.0 Å². The lowest BCUT2D eigenvalue weighted by atomic mass is 9.99. The van der Waals surface area contributed by atoms with Gasteiger partial charge in [0.25, 0.3) is 0 Å². The van der Waals surface area contributed by atoms with Crippen LogP contribution in [0.4, 0.5) is 24.8 Å². The van der Waals surface area contributed by atoms with Crippen LogP contribution in [-0.4, -0.2) is 45.1 Å². The highest BCUT2D eigenvalue weighted by molar-refractivity contribution is 6.30. The van der Waals surface area contributed by atoms with E-state index in [4.69, 9.17) is 16.3 Å². The van der Waals surface area contributed by atoms with Crippen molar-refractivity contribution >= 4 is 29.0 Å². The molecule has 0 aliphatic carbocycles. The summed E-state index contributed by atoms with van der Waals surface area (Å²) in [4.78, 5) is 33.9. The number of hydrogen-bond acceptors (Lipinski definition) is 6. The van der Waals surface area contributed by atoms with Gasteiger partial charge in [-0.3, -0.25) is 4.79 Å². The Labute approximate surface area is 227 Å². The van der Waals surface area contributed by atoms with E-state index in [1.807, 2.05) is 11.8 Å². The van der Waals surface area contributed by atoms with Crippen molar-refractivity contribution in [3.8, 4) is 17.5 Å². The van der Waals surface area contributed by atoms with Gasteiger partial charge in [0.05, 0.1) is 6.04 Å². The van der Waals surface area contributed by atoms with Crippen LogP contribution in [0.3, 0.4) is 0 Å². The normalized spacial score (nSPS) is 19.1. The Bertz CT molecular complexity index is 1380. The first kappa shape index (κ1) is 27.0. The highest BCUT2D eigenvalue weighted by atomic mass is 35.5. The number of rotatable bonds is 8. The van der Waals surface area contributed by atoms with E-state index in [0.29, 0.717) is 36.6 Å². The van der Waals surface area contributed by atoms with Crippen LogP contribution in [0.2, 0.25) is 5.02 Å². The molecule has 5 rings (SSSR count). The van der Waals surface area contributed by atoms with Crippen LogP contribution in [0.15, 0.2) is 48.5 Å². The topological polar surface area (TPSA) is 76.7 Å². The average Bonchev–Trinajstić information content (AvgIpc) is 3.48. The van der Waals surface area contributed by atoms with Crippen LogP contribution in [0, 0.1) is 4.91 Å².